The number of hydrogen-bond acceptors (Lipinski definition) is 12. The fourth-order valence-electron chi connectivity index (χ4n) is 5.09. The largest absolute Gasteiger partial charge is 0.384 e. The Morgan fingerprint density at radius 1 is 1.16 bits per heavy atom. The second-order valence-electron chi connectivity index (χ2n) is 10.2. The van der Waals surface area contributed by atoms with Crippen LogP contribution in [0.15, 0.2) is 53.0 Å². The van der Waals surface area contributed by atoms with Crippen molar-refractivity contribution in [1.29, 1.82) is 0 Å². The lowest BCUT2D eigenvalue weighted by Gasteiger charge is -2.29. The SMILES string of the molecule is COCCS(=O)(=O)n1nccc1Cn1c(=O)c(-c2ncsc2C)cc2cnc(Nc3ccc(N4CCNCC4)c(F)c3)nc21. The number of aromatic nitrogens is 6. The summed E-state index contributed by atoms with van der Waals surface area (Å²) in [5.74, 6) is -0.522. The first-order valence-corrected chi connectivity index (χ1v) is 16.3. The minimum atomic E-state index is -3.85. The summed E-state index contributed by atoms with van der Waals surface area (Å²) in [5.41, 5.74) is 3.58. The van der Waals surface area contributed by atoms with E-state index in [1.807, 2.05) is 11.8 Å². The molecule has 0 atom stereocenters. The molecule has 4 aromatic heterocycles. The zero-order valence-corrected chi connectivity index (χ0v) is 25.7. The normalized spacial score (nSPS) is 13.9. The van der Waals surface area contributed by atoms with E-state index in [1.165, 1.54) is 41.3 Å². The molecule has 0 amide bonds. The number of halogens is 1. The highest BCUT2D eigenvalue weighted by molar-refractivity contribution is 7.89. The molecule has 1 saturated heterocycles. The van der Waals surface area contributed by atoms with Gasteiger partial charge in [0.05, 0.1) is 53.3 Å². The molecule has 5 heterocycles. The molecule has 44 heavy (non-hydrogen) atoms. The third-order valence-electron chi connectivity index (χ3n) is 7.30. The highest BCUT2D eigenvalue weighted by Crippen LogP contribution is 2.27. The van der Waals surface area contributed by atoms with Crippen LogP contribution in [-0.2, 0) is 21.3 Å². The topological polar surface area (TPSA) is 149 Å². The molecule has 0 saturated carbocycles. The minimum absolute atomic E-state index is 0.0117. The average Bonchev–Trinajstić information content (AvgIpc) is 3.67. The standard InChI is InChI=1S/C28H30FN9O4S2/c1-18-25(32-17-43-18)22-13-19-15-31-28(34-20-3-4-24(23(29)14-20)36-9-7-30-8-10-36)35-26(19)37(27(22)39)16-21-5-6-33-38(21)44(40,41)12-11-42-2/h3-6,13-15,17,30H,7-12,16H2,1-2H3,(H,31,34,35). The number of methoxy groups -OCH3 is 1. The Hall–Kier alpha value is -4.25. The second-order valence-corrected chi connectivity index (χ2v) is 13.2. The molecule has 2 N–H and O–H groups in total. The minimum Gasteiger partial charge on any atom is -0.384 e. The maximum absolute atomic E-state index is 15.1. The highest BCUT2D eigenvalue weighted by Gasteiger charge is 2.22. The van der Waals surface area contributed by atoms with E-state index in [1.54, 1.807) is 29.9 Å². The number of anilines is 3. The van der Waals surface area contributed by atoms with Crippen molar-refractivity contribution in [1.82, 2.24) is 34.0 Å². The van der Waals surface area contributed by atoms with Crippen molar-refractivity contribution in [3.63, 3.8) is 0 Å². The summed E-state index contributed by atoms with van der Waals surface area (Å²) in [5, 5.41) is 10.8. The van der Waals surface area contributed by atoms with E-state index in [9.17, 15) is 13.2 Å². The van der Waals surface area contributed by atoms with Gasteiger partial charge in [0.25, 0.3) is 15.6 Å². The van der Waals surface area contributed by atoms with Crippen LogP contribution in [0.3, 0.4) is 0 Å². The molecule has 1 aliphatic heterocycles. The Balaban J connectivity index is 1.40. The Morgan fingerprint density at radius 3 is 2.70 bits per heavy atom. The van der Waals surface area contributed by atoms with Crippen molar-refractivity contribution in [2.24, 2.45) is 0 Å². The van der Waals surface area contributed by atoms with Crippen molar-refractivity contribution in [3.8, 4) is 11.3 Å². The van der Waals surface area contributed by atoms with Gasteiger partial charge in [-0.2, -0.15) is 14.2 Å². The predicted octanol–water partition coefficient (Wildman–Crippen LogP) is 2.58. The maximum atomic E-state index is 15.1. The first-order chi connectivity index (χ1) is 21.2. The number of pyridine rings is 1. The number of fused-ring (bicyclic) bond motifs is 1. The molecule has 5 aromatic rings. The van der Waals surface area contributed by atoms with E-state index in [-0.39, 0.29) is 42.0 Å². The molecule has 16 heteroatoms. The van der Waals surface area contributed by atoms with E-state index < -0.39 is 15.6 Å². The maximum Gasteiger partial charge on any atom is 0.262 e. The van der Waals surface area contributed by atoms with E-state index in [2.05, 4.69) is 30.7 Å². The van der Waals surface area contributed by atoms with Gasteiger partial charge in [-0.25, -0.2) is 22.8 Å². The fourth-order valence-corrected chi connectivity index (χ4v) is 6.91. The second kappa shape index (κ2) is 12.4. The highest BCUT2D eigenvalue weighted by atomic mass is 32.2. The van der Waals surface area contributed by atoms with Crippen molar-refractivity contribution < 1.29 is 17.5 Å². The number of nitrogens with one attached hydrogen (secondary N) is 2. The number of hydrogen-bond donors (Lipinski definition) is 2. The summed E-state index contributed by atoms with van der Waals surface area (Å²) in [6, 6.07) is 8.06. The molecule has 1 aliphatic rings. The zero-order chi connectivity index (χ0) is 30.8. The Morgan fingerprint density at radius 2 is 1.98 bits per heavy atom. The zero-order valence-electron chi connectivity index (χ0n) is 24.0. The average molecular weight is 640 g/mol. The molecule has 6 rings (SSSR count). The summed E-state index contributed by atoms with van der Waals surface area (Å²) in [7, 11) is -2.44. The molecule has 0 aliphatic carbocycles. The summed E-state index contributed by atoms with van der Waals surface area (Å²) in [6.45, 7) is 4.71. The lowest BCUT2D eigenvalue weighted by molar-refractivity contribution is 0.217. The van der Waals surface area contributed by atoms with E-state index >= 15 is 4.39 Å². The lowest BCUT2D eigenvalue weighted by Crippen LogP contribution is -2.43. The van der Waals surface area contributed by atoms with Crippen LogP contribution >= 0.6 is 11.3 Å². The first kappa shape index (κ1) is 29.8. The Bertz CT molecular complexity index is 1980. The Labute approximate surface area is 256 Å². The molecule has 230 valence electrons. The summed E-state index contributed by atoms with van der Waals surface area (Å²) in [6.07, 6.45) is 2.92. The predicted molar refractivity (Wildman–Crippen MR) is 167 cm³/mol. The fraction of sp³-hybridized carbons (Fsp3) is 0.321. The van der Waals surface area contributed by atoms with Gasteiger partial charge >= 0.3 is 0 Å². The van der Waals surface area contributed by atoms with Gasteiger partial charge in [-0.15, -0.1) is 11.3 Å². The summed E-state index contributed by atoms with van der Waals surface area (Å²) in [4.78, 5) is 30.3. The van der Waals surface area contributed by atoms with Gasteiger partial charge in [-0.1, -0.05) is 0 Å². The van der Waals surface area contributed by atoms with Crippen LogP contribution in [0, 0.1) is 12.7 Å². The monoisotopic (exact) mass is 639 g/mol. The van der Waals surface area contributed by atoms with Gasteiger partial charge in [0.2, 0.25) is 5.95 Å². The number of nitrogens with zero attached hydrogens (tertiary/aromatic N) is 7. The Kier molecular flexibility index (Phi) is 8.40. The van der Waals surface area contributed by atoms with Crippen molar-refractivity contribution in [2.75, 3.05) is 55.9 Å². The van der Waals surface area contributed by atoms with Crippen LogP contribution in [0.4, 0.5) is 21.7 Å². The smallest absolute Gasteiger partial charge is 0.262 e. The number of benzene rings is 1. The van der Waals surface area contributed by atoms with Crippen LogP contribution in [-0.4, -0.2) is 82.8 Å². The number of piperazine rings is 1. The van der Waals surface area contributed by atoms with Gasteiger partial charge in [-0.05, 0) is 37.3 Å². The van der Waals surface area contributed by atoms with E-state index in [4.69, 9.17) is 4.74 Å². The van der Waals surface area contributed by atoms with Gasteiger partial charge in [0.1, 0.15) is 11.5 Å². The van der Waals surface area contributed by atoms with Gasteiger partial charge < -0.3 is 20.3 Å². The molecular formula is C28H30FN9O4S2. The number of ether oxygens (including phenoxy) is 1. The van der Waals surface area contributed by atoms with Gasteiger partial charge in [0, 0.05) is 55.4 Å². The van der Waals surface area contributed by atoms with E-state index in [0.29, 0.717) is 41.1 Å². The van der Waals surface area contributed by atoms with Crippen molar-refractivity contribution >= 4 is 49.7 Å². The van der Waals surface area contributed by atoms with Crippen LogP contribution in [0.2, 0.25) is 0 Å². The van der Waals surface area contributed by atoms with Crippen LogP contribution in [0.1, 0.15) is 10.6 Å². The lowest BCUT2D eigenvalue weighted by atomic mass is 10.1. The number of aryl methyl sites for hydroxylation is 1. The van der Waals surface area contributed by atoms with Crippen LogP contribution in [0.5, 0.6) is 0 Å². The number of rotatable bonds is 10. The number of thiazole rings is 1. The summed E-state index contributed by atoms with van der Waals surface area (Å²) < 4.78 is 48.3. The molecule has 0 unspecified atom stereocenters. The first-order valence-electron chi connectivity index (χ1n) is 13.8. The van der Waals surface area contributed by atoms with E-state index in [0.717, 1.165) is 22.1 Å². The molecule has 0 radical (unpaired) electrons. The van der Waals surface area contributed by atoms with Gasteiger partial charge in [-0.3, -0.25) is 9.36 Å². The third-order valence-corrected chi connectivity index (χ3v) is 9.60. The third kappa shape index (κ3) is 5.93. The van der Waals surface area contributed by atoms with Crippen molar-refractivity contribution in [3.05, 3.63) is 75.0 Å². The van der Waals surface area contributed by atoms with Crippen LogP contribution in [0.25, 0.3) is 22.3 Å². The molecular weight excluding hydrogens is 609 g/mol. The molecule has 13 nitrogen and oxygen atoms in total. The van der Waals surface area contributed by atoms with Crippen molar-refractivity contribution in [2.45, 2.75) is 13.5 Å². The van der Waals surface area contributed by atoms with Crippen LogP contribution < -0.4 is 21.1 Å². The molecule has 1 fully saturated rings. The molecule has 0 bridgehead atoms. The quantitative estimate of drug-likeness (QED) is 0.232. The van der Waals surface area contributed by atoms with Gasteiger partial charge in [0.15, 0.2) is 0 Å². The summed E-state index contributed by atoms with van der Waals surface area (Å²) >= 11 is 1.41. The molecule has 1 aromatic carbocycles. The molecule has 0 spiro atoms.